The quantitative estimate of drug-likeness (QED) is 0.368. The summed E-state index contributed by atoms with van der Waals surface area (Å²) in [6.45, 7) is 2.32. The van der Waals surface area contributed by atoms with Crippen LogP contribution in [0.3, 0.4) is 0 Å². The van der Waals surface area contributed by atoms with Crippen LogP contribution in [0.25, 0.3) is 11.1 Å². The van der Waals surface area contributed by atoms with Crippen LogP contribution in [0.1, 0.15) is 35.3 Å². The van der Waals surface area contributed by atoms with E-state index < -0.39 is 36.8 Å². The Bertz CT molecular complexity index is 1240. The van der Waals surface area contributed by atoms with Gasteiger partial charge >= 0.3 is 6.03 Å². The zero-order valence-electron chi connectivity index (χ0n) is 18.8. The van der Waals surface area contributed by atoms with Gasteiger partial charge in [0.25, 0.3) is 12.3 Å². The molecule has 0 fully saturated rings. The van der Waals surface area contributed by atoms with Crippen molar-refractivity contribution in [1.29, 1.82) is 0 Å². The molecule has 3 rings (SSSR count). The smallest absolute Gasteiger partial charge is 0.336 e. The van der Waals surface area contributed by atoms with Gasteiger partial charge in [0.15, 0.2) is 0 Å². The maximum Gasteiger partial charge on any atom is 0.336 e. The lowest BCUT2D eigenvalue weighted by Gasteiger charge is -2.24. The third-order valence-corrected chi connectivity index (χ3v) is 5.84. The molecule has 1 atom stereocenters. The minimum Gasteiger partial charge on any atom is -0.485 e. The van der Waals surface area contributed by atoms with Gasteiger partial charge in [-0.3, -0.25) is 15.2 Å². The maximum atomic E-state index is 15.0. The van der Waals surface area contributed by atoms with Gasteiger partial charge in [-0.2, -0.15) is 0 Å². The van der Waals surface area contributed by atoms with Crippen LogP contribution in [0, 0.1) is 5.82 Å². The lowest BCUT2D eigenvalue weighted by molar-refractivity contribution is 0.0821. The van der Waals surface area contributed by atoms with Gasteiger partial charge in [0.1, 0.15) is 23.1 Å². The Labute approximate surface area is 217 Å². The Morgan fingerprint density at radius 2 is 1.97 bits per heavy atom. The molecule has 0 bridgehead atoms. The molecule has 2 heterocycles. The number of urea groups is 1. The Hall–Kier alpha value is -3.16. The molecule has 192 valence electrons. The van der Waals surface area contributed by atoms with Crippen LogP contribution < -0.4 is 15.5 Å². The van der Waals surface area contributed by atoms with Crippen molar-refractivity contribution in [3.05, 3.63) is 57.0 Å². The van der Waals surface area contributed by atoms with Crippen molar-refractivity contribution in [3.63, 3.8) is 0 Å². The van der Waals surface area contributed by atoms with Gasteiger partial charge in [-0.1, -0.05) is 27.7 Å². The minimum absolute atomic E-state index is 0.0286. The average Bonchev–Trinajstić information content (AvgIpc) is 3.36. The first-order valence-electron chi connectivity index (χ1n) is 10.3. The summed E-state index contributed by atoms with van der Waals surface area (Å²) < 4.78 is 49.1. The number of alkyl halides is 2. The summed E-state index contributed by atoms with van der Waals surface area (Å²) in [6.07, 6.45) is -0.224. The number of amides is 3. The van der Waals surface area contributed by atoms with E-state index in [1.54, 1.807) is 6.92 Å². The van der Waals surface area contributed by atoms with Crippen molar-refractivity contribution in [2.75, 3.05) is 13.2 Å². The first-order chi connectivity index (χ1) is 17.1. The first kappa shape index (κ1) is 27.4. The van der Waals surface area contributed by atoms with Crippen molar-refractivity contribution in [3.8, 4) is 16.9 Å². The number of carbonyl (C=O) groups excluding carboxylic acids is 2. The Kier molecular flexibility index (Phi) is 9.29. The number of hydrogen-bond acceptors (Lipinski definition) is 7. The molecule has 0 spiro atoms. The molecule has 1 unspecified atom stereocenters. The van der Waals surface area contributed by atoms with E-state index in [1.165, 1.54) is 31.5 Å². The number of aromatic nitrogens is 3. The largest absolute Gasteiger partial charge is 0.485 e. The molecule has 2 aromatic heterocycles. The second kappa shape index (κ2) is 12.2. The number of nitrogens with zero attached hydrogens (tertiary/aromatic N) is 4. The monoisotopic (exact) mass is 562 g/mol. The number of hydrazine groups is 1. The standard InChI is InChI=1S/C21H19Cl2F3N6O3S/c1-3-32(30-20(33)16-8-28-31-36-16)21(34)29-10(2)18-15(24)4-11(7-27-18)13-5-12(22)6-14(23)19(13)35-9-17(25)26/h4-8,10,17H,3,9H2,1-2H3,(H,29,34)(H,30,33). The predicted molar refractivity (Wildman–Crippen MR) is 128 cm³/mol. The number of pyridine rings is 1. The molecule has 0 saturated heterocycles. The van der Waals surface area contributed by atoms with E-state index in [0.29, 0.717) is 0 Å². The lowest BCUT2D eigenvalue weighted by Crippen LogP contribution is -2.51. The molecule has 3 amide bonds. The molecular weight excluding hydrogens is 544 g/mol. The highest BCUT2D eigenvalue weighted by atomic mass is 35.5. The Balaban J connectivity index is 1.78. The molecule has 0 saturated carbocycles. The molecule has 3 aromatic rings. The number of carbonyl (C=O) groups is 2. The Morgan fingerprint density at radius 3 is 2.58 bits per heavy atom. The molecule has 0 aliphatic carbocycles. The second-order valence-electron chi connectivity index (χ2n) is 7.20. The number of hydrogen-bond donors (Lipinski definition) is 2. The van der Waals surface area contributed by atoms with Crippen LogP contribution in [0.15, 0.2) is 30.6 Å². The highest BCUT2D eigenvalue weighted by molar-refractivity contribution is 7.07. The van der Waals surface area contributed by atoms with Gasteiger partial charge in [0, 0.05) is 28.9 Å². The summed E-state index contributed by atoms with van der Waals surface area (Å²) in [6, 6.07) is 2.19. The molecule has 9 nitrogen and oxygen atoms in total. The third-order valence-electron chi connectivity index (χ3n) is 4.68. The van der Waals surface area contributed by atoms with Crippen LogP contribution in [0.4, 0.5) is 18.0 Å². The van der Waals surface area contributed by atoms with Crippen molar-refractivity contribution in [1.82, 2.24) is 30.3 Å². The third kappa shape index (κ3) is 6.74. The van der Waals surface area contributed by atoms with E-state index >= 15 is 4.39 Å². The number of ether oxygens (including phenoxy) is 1. The minimum atomic E-state index is -2.75. The molecule has 15 heteroatoms. The molecule has 36 heavy (non-hydrogen) atoms. The van der Waals surface area contributed by atoms with E-state index in [0.717, 1.165) is 22.6 Å². The van der Waals surface area contributed by atoms with Gasteiger partial charge in [0.2, 0.25) is 0 Å². The summed E-state index contributed by atoms with van der Waals surface area (Å²) >= 11 is 13.0. The molecular formula is C21H19Cl2F3N6O3S. The highest BCUT2D eigenvalue weighted by Gasteiger charge is 2.23. The highest BCUT2D eigenvalue weighted by Crippen LogP contribution is 2.39. The lowest BCUT2D eigenvalue weighted by atomic mass is 10.0. The molecule has 0 aliphatic rings. The summed E-state index contributed by atoms with van der Waals surface area (Å²) in [7, 11) is 0. The Morgan fingerprint density at radius 1 is 1.22 bits per heavy atom. The zero-order chi connectivity index (χ0) is 26.4. The number of benzene rings is 1. The second-order valence-corrected chi connectivity index (χ2v) is 8.82. The number of halogens is 5. The van der Waals surface area contributed by atoms with Gasteiger partial charge in [-0.05, 0) is 43.6 Å². The van der Waals surface area contributed by atoms with E-state index in [1.807, 2.05) is 0 Å². The van der Waals surface area contributed by atoms with Crippen molar-refractivity contribution in [2.45, 2.75) is 26.3 Å². The van der Waals surface area contributed by atoms with Crippen molar-refractivity contribution < 1.29 is 27.5 Å². The van der Waals surface area contributed by atoms with E-state index in [9.17, 15) is 18.4 Å². The fourth-order valence-corrected chi connectivity index (χ4v) is 3.99. The fraction of sp³-hybridized carbons (Fsp3) is 0.286. The van der Waals surface area contributed by atoms with Crippen LogP contribution in [0.5, 0.6) is 5.75 Å². The molecule has 2 N–H and O–H groups in total. The summed E-state index contributed by atoms with van der Waals surface area (Å²) in [5, 5.41) is 7.27. The molecule has 1 aromatic carbocycles. The maximum absolute atomic E-state index is 15.0. The molecule has 0 aliphatic heterocycles. The van der Waals surface area contributed by atoms with Crippen LogP contribution in [-0.2, 0) is 0 Å². The number of nitrogens with one attached hydrogen (secondary N) is 2. The van der Waals surface area contributed by atoms with E-state index in [4.69, 9.17) is 27.9 Å². The van der Waals surface area contributed by atoms with E-state index in [2.05, 4.69) is 25.3 Å². The first-order valence-corrected chi connectivity index (χ1v) is 11.9. The van der Waals surface area contributed by atoms with Gasteiger partial charge in [0.05, 0.1) is 23.0 Å². The molecule has 0 radical (unpaired) electrons. The van der Waals surface area contributed by atoms with Crippen LogP contribution in [0.2, 0.25) is 10.0 Å². The summed E-state index contributed by atoms with van der Waals surface area (Å²) in [5.41, 5.74) is 2.64. The zero-order valence-corrected chi connectivity index (χ0v) is 21.1. The number of rotatable bonds is 8. The summed E-state index contributed by atoms with van der Waals surface area (Å²) in [4.78, 5) is 29.1. The van der Waals surface area contributed by atoms with Crippen molar-refractivity contribution >= 4 is 46.7 Å². The van der Waals surface area contributed by atoms with Crippen LogP contribution in [-0.4, -0.2) is 51.1 Å². The topological polar surface area (TPSA) is 109 Å². The van der Waals surface area contributed by atoms with Crippen LogP contribution >= 0.6 is 34.7 Å². The fourth-order valence-electron chi connectivity index (χ4n) is 3.03. The van der Waals surface area contributed by atoms with Gasteiger partial charge < -0.3 is 10.1 Å². The van der Waals surface area contributed by atoms with Crippen molar-refractivity contribution in [2.24, 2.45) is 0 Å². The van der Waals surface area contributed by atoms with Gasteiger partial charge in [-0.15, -0.1) is 5.10 Å². The van der Waals surface area contributed by atoms with Gasteiger partial charge in [-0.25, -0.2) is 23.0 Å². The average molecular weight is 563 g/mol. The van der Waals surface area contributed by atoms with E-state index in [-0.39, 0.29) is 44.0 Å². The normalized spacial score (nSPS) is 11.8. The SMILES string of the molecule is CCN(NC(=O)c1cnns1)C(=O)NC(C)c1ncc(-c2cc(Cl)cc(Cl)c2OCC(F)F)cc1F. The summed E-state index contributed by atoms with van der Waals surface area (Å²) in [5.74, 6) is -1.46. The predicted octanol–water partition coefficient (Wildman–Crippen LogP) is 5.13.